The van der Waals surface area contributed by atoms with Crippen molar-refractivity contribution >= 4 is 39.9 Å². The molecule has 0 unspecified atom stereocenters. The van der Waals surface area contributed by atoms with Crippen LogP contribution >= 0.6 is 11.3 Å². The summed E-state index contributed by atoms with van der Waals surface area (Å²) in [7, 11) is 2.73. The van der Waals surface area contributed by atoms with Gasteiger partial charge in [0.25, 0.3) is 5.78 Å². The van der Waals surface area contributed by atoms with Gasteiger partial charge in [-0.25, -0.2) is 14.2 Å². The van der Waals surface area contributed by atoms with Crippen molar-refractivity contribution < 1.29 is 33.4 Å². The van der Waals surface area contributed by atoms with E-state index in [4.69, 9.17) is 9.47 Å². The molecule has 10 heteroatoms. The number of amides is 1. The highest BCUT2D eigenvalue weighted by atomic mass is 32.1. The average molecular weight is 497 g/mol. The van der Waals surface area contributed by atoms with E-state index in [0.717, 1.165) is 16.2 Å². The Morgan fingerprint density at radius 2 is 1.80 bits per heavy atom. The molecule has 35 heavy (non-hydrogen) atoms. The Labute approximate surface area is 204 Å². The molecule has 1 aromatic heterocycles. The van der Waals surface area contributed by atoms with Crippen molar-refractivity contribution in [3.05, 3.63) is 81.1 Å². The fraction of sp³-hybridized carbons (Fsp3) is 0.200. The zero-order chi connectivity index (χ0) is 25.4. The van der Waals surface area contributed by atoms with Gasteiger partial charge >= 0.3 is 11.9 Å². The zero-order valence-electron chi connectivity index (χ0n) is 19.3. The second-order valence-corrected chi connectivity index (χ2v) is 8.78. The van der Waals surface area contributed by atoms with E-state index in [1.807, 2.05) is 0 Å². The summed E-state index contributed by atoms with van der Waals surface area (Å²) in [5.41, 5.74) is 1.47. The lowest BCUT2D eigenvalue weighted by Crippen LogP contribution is -2.29. The molecule has 0 spiro atoms. The molecule has 0 aliphatic carbocycles. The van der Waals surface area contributed by atoms with Crippen LogP contribution in [-0.4, -0.2) is 42.0 Å². The Kier molecular flexibility index (Phi) is 6.40. The minimum atomic E-state index is -1.10. The molecule has 0 radical (unpaired) electrons. The van der Waals surface area contributed by atoms with Gasteiger partial charge in [-0.3, -0.25) is 14.5 Å². The van der Waals surface area contributed by atoms with Crippen LogP contribution in [0.2, 0.25) is 0 Å². The number of esters is 1. The van der Waals surface area contributed by atoms with Crippen molar-refractivity contribution in [1.82, 2.24) is 4.98 Å². The molecule has 1 aliphatic rings. The number of rotatable bonds is 5. The van der Waals surface area contributed by atoms with Crippen LogP contribution in [-0.2, 0) is 14.3 Å². The first-order chi connectivity index (χ1) is 16.7. The number of aliphatic hydroxyl groups is 1. The molecule has 1 N–H and O–H groups in total. The molecule has 1 fully saturated rings. The van der Waals surface area contributed by atoms with E-state index < -0.39 is 29.5 Å². The summed E-state index contributed by atoms with van der Waals surface area (Å²) in [6.07, 6.45) is 0. The van der Waals surface area contributed by atoms with Gasteiger partial charge in [0.1, 0.15) is 22.2 Å². The third-order valence-corrected chi connectivity index (χ3v) is 6.82. The van der Waals surface area contributed by atoms with Gasteiger partial charge in [-0.2, -0.15) is 0 Å². The van der Waals surface area contributed by atoms with E-state index in [9.17, 15) is 23.9 Å². The van der Waals surface area contributed by atoms with Crippen LogP contribution in [0.3, 0.4) is 0 Å². The Morgan fingerprint density at radius 1 is 1.11 bits per heavy atom. The minimum Gasteiger partial charge on any atom is -0.507 e. The number of thiazole rings is 1. The molecule has 1 atom stereocenters. The second kappa shape index (κ2) is 9.30. The Hall–Kier alpha value is -4.05. The van der Waals surface area contributed by atoms with Crippen molar-refractivity contribution in [2.45, 2.75) is 19.9 Å². The maximum Gasteiger partial charge on any atom is 0.350 e. The van der Waals surface area contributed by atoms with Crippen LogP contribution in [0.25, 0.3) is 5.76 Å². The van der Waals surface area contributed by atoms with Gasteiger partial charge in [0.2, 0.25) is 0 Å². The monoisotopic (exact) mass is 496 g/mol. The van der Waals surface area contributed by atoms with Gasteiger partial charge in [0, 0.05) is 5.56 Å². The van der Waals surface area contributed by atoms with Gasteiger partial charge < -0.3 is 14.6 Å². The molecule has 0 bridgehead atoms. The summed E-state index contributed by atoms with van der Waals surface area (Å²) in [6, 6.07) is 9.03. The number of benzene rings is 2. The number of nitrogens with zero attached hydrogens (tertiary/aromatic N) is 2. The number of anilines is 1. The van der Waals surface area contributed by atoms with Gasteiger partial charge in [-0.05, 0) is 55.3 Å². The fourth-order valence-electron chi connectivity index (χ4n) is 3.93. The summed E-state index contributed by atoms with van der Waals surface area (Å²) in [5, 5.41) is 11.3. The van der Waals surface area contributed by atoms with Crippen LogP contribution < -0.4 is 9.64 Å². The molecule has 180 valence electrons. The number of Topliss-reactive ketones (excluding diaryl/α,β-unsaturated/α-hetero) is 1. The summed E-state index contributed by atoms with van der Waals surface area (Å²) < 4.78 is 23.7. The number of carbonyl (C=O) groups excluding carboxylic acids is 3. The molecule has 1 amide bonds. The molecule has 2 heterocycles. The van der Waals surface area contributed by atoms with E-state index in [1.165, 1.54) is 38.5 Å². The van der Waals surface area contributed by atoms with Crippen molar-refractivity contribution in [3.8, 4) is 5.75 Å². The molecule has 4 rings (SSSR count). The molecule has 1 saturated heterocycles. The molecule has 0 saturated carbocycles. The SMILES string of the molecule is COC(=O)c1sc(N2C(=O)C(=O)/C(=C(/O)c3ccc(OC)cc3C)[C@H]2c2ccc(F)cc2)nc1C. The van der Waals surface area contributed by atoms with E-state index in [2.05, 4.69) is 4.98 Å². The van der Waals surface area contributed by atoms with Crippen LogP contribution in [0.1, 0.15) is 38.1 Å². The predicted molar refractivity (Wildman–Crippen MR) is 127 cm³/mol. The minimum absolute atomic E-state index is 0.0739. The summed E-state index contributed by atoms with van der Waals surface area (Å²) >= 11 is 0.887. The Morgan fingerprint density at radius 3 is 2.40 bits per heavy atom. The van der Waals surface area contributed by atoms with Crippen molar-refractivity contribution in [3.63, 3.8) is 0 Å². The maximum absolute atomic E-state index is 13.7. The lowest BCUT2D eigenvalue weighted by atomic mass is 9.94. The summed E-state index contributed by atoms with van der Waals surface area (Å²) in [4.78, 5) is 44.2. The molecular weight excluding hydrogens is 475 g/mol. The van der Waals surface area contributed by atoms with Gasteiger partial charge in [0.05, 0.1) is 31.5 Å². The summed E-state index contributed by atoms with van der Waals surface area (Å²) in [6.45, 7) is 3.31. The number of aryl methyl sites for hydroxylation is 2. The highest BCUT2D eigenvalue weighted by Crippen LogP contribution is 2.44. The number of halogens is 1. The third-order valence-electron chi connectivity index (χ3n) is 5.68. The lowest BCUT2D eigenvalue weighted by molar-refractivity contribution is -0.132. The largest absolute Gasteiger partial charge is 0.507 e. The number of aromatic nitrogens is 1. The maximum atomic E-state index is 13.7. The Balaban J connectivity index is 1.94. The predicted octanol–water partition coefficient (Wildman–Crippen LogP) is 4.32. The topological polar surface area (TPSA) is 106 Å². The normalized spacial score (nSPS) is 17.1. The number of hydrogen-bond acceptors (Lipinski definition) is 8. The van der Waals surface area contributed by atoms with E-state index >= 15 is 0 Å². The van der Waals surface area contributed by atoms with E-state index in [-0.39, 0.29) is 21.3 Å². The first-order valence-corrected chi connectivity index (χ1v) is 11.3. The van der Waals surface area contributed by atoms with Crippen LogP contribution in [0.5, 0.6) is 5.75 Å². The van der Waals surface area contributed by atoms with Gasteiger partial charge in [0.15, 0.2) is 5.13 Å². The van der Waals surface area contributed by atoms with Crippen molar-refractivity contribution in [1.29, 1.82) is 0 Å². The van der Waals surface area contributed by atoms with Crippen LogP contribution in [0.15, 0.2) is 48.0 Å². The second-order valence-electron chi connectivity index (χ2n) is 7.80. The third kappa shape index (κ3) is 4.17. The molecule has 2 aromatic carbocycles. The lowest BCUT2D eigenvalue weighted by Gasteiger charge is -2.23. The van der Waals surface area contributed by atoms with Gasteiger partial charge in [-0.15, -0.1) is 0 Å². The summed E-state index contributed by atoms with van der Waals surface area (Å²) in [5.74, 6) is -2.83. The molecular formula is C25H21FN2O6S. The van der Waals surface area contributed by atoms with E-state index in [1.54, 1.807) is 32.0 Å². The van der Waals surface area contributed by atoms with Crippen molar-refractivity contribution in [2.24, 2.45) is 0 Å². The van der Waals surface area contributed by atoms with E-state index in [0.29, 0.717) is 28.1 Å². The quantitative estimate of drug-likeness (QED) is 0.243. The number of hydrogen-bond donors (Lipinski definition) is 1. The smallest absolute Gasteiger partial charge is 0.350 e. The average Bonchev–Trinajstić information content (AvgIpc) is 3.35. The number of aliphatic hydroxyl groups excluding tert-OH is 1. The van der Waals surface area contributed by atoms with Gasteiger partial charge in [-0.1, -0.05) is 23.5 Å². The highest BCUT2D eigenvalue weighted by molar-refractivity contribution is 7.17. The first-order valence-electron chi connectivity index (χ1n) is 10.4. The number of ether oxygens (including phenoxy) is 2. The van der Waals surface area contributed by atoms with Crippen molar-refractivity contribution in [2.75, 3.05) is 19.1 Å². The zero-order valence-corrected chi connectivity index (χ0v) is 20.1. The molecule has 8 nitrogen and oxygen atoms in total. The standard InChI is InChI=1S/C25H21FN2O6S/c1-12-11-16(33-3)9-10-17(12)20(29)18-19(14-5-7-15(26)8-6-14)28(23(31)21(18)30)25-27-13(2)22(35-25)24(32)34-4/h5-11,19,29H,1-4H3/b20-18+/t19-/m1/s1. The fourth-order valence-corrected chi connectivity index (χ4v) is 4.94. The first kappa shape index (κ1) is 24.1. The Bertz CT molecular complexity index is 1380. The highest BCUT2D eigenvalue weighted by Gasteiger charge is 2.48. The molecule has 1 aliphatic heterocycles. The molecule has 3 aromatic rings. The number of ketones is 1. The van der Waals surface area contributed by atoms with Crippen LogP contribution in [0.4, 0.5) is 9.52 Å². The number of methoxy groups -OCH3 is 2. The van der Waals surface area contributed by atoms with Crippen LogP contribution in [0, 0.1) is 19.7 Å². The number of carbonyl (C=O) groups is 3.